The van der Waals surface area contributed by atoms with Crippen molar-refractivity contribution in [1.29, 1.82) is 0 Å². The molecule has 2 aromatic rings. The number of halogens is 1. The minimum atomic E-state index is 0.256. The van der Waals surface area contributed by atoms with E-state index >= 15 is 0 Å². The molecule has 1 atom stereocenters. The number of carbonyl (C=O) groups is 1. The summed E-state index contributed by atoms with van der Waals surface area (Å²) in [6, 6.07) is 16.4. The van der Waals surface area contributed by atoms with Gasteiger partial charge in [0.2, 0.25) is 5.91 Å². The molecule has 1 aliphatic rings. The molecule has 1 amide bonds. The highest BCUT2D eigenvalue weighted by atomic mass is 35.5. The SMILES string of the molecule is Cc1ccccc1C1CCN(C(=O)CCc2cccc(Cl)c2)CCS1. The van der Waals surface area contributed by atoms with Gasteiger partial charge in [0.25, 0.3) is 0 Å². The lowest BCUT2D eigenvalue weighted by molar-refractivity contribution is -0.130. The normalized spacial score (nSPS) is 18.0. The molecule has 25 heavy (non-hydrogen) atoms. The van der Waals surface area contributed by atoms with Crippen LogP contribution < -0.4 is 0 Å². The summed E-state index contributed by atoms with van der Waals surface area (Å²) in [7, 11) is 0. The van der Waals surface area contributed by atoms with Crippen molar-refractivity contribution in [2.75, 3.05) is 18.8 Å². The molecular weight excluding hydrogens is 350 g/mol. The Bertz CT molecular complexity index is 733. The lowest BCUT2D eigenvalue weighted by Gasteiger charge is -2.21. The van der Waals surface area contributed by atoms with E-state index in [4.69, 9.17) is 11.6 Å². The number of thioether (sulfide) groups is 1. The van der Waals surface area contributed by atoms with Gasteiger partial charge in [0, 0.05) is 35.5 Å². The molecule has 1 aliphatic heterocycles. The first kappa shape index (κ1) is 18.3. The van der Waals surface area contributed by atoms with Crippen LogP contribution in [0, 0.1) is 6.92 Å². The first-order valence-electron chi connectivity index (χ1n) is 8.83. The zero-order chi connectivity index (χ0) is 17.6. The topological polar surface area (TPSA) is 20.3 Å². The summed E-state index contributed by atoms with van der Waals surface area (Å²) in [4.78, 5) is 14.6. The molecule has 2 aromatic carbocycles. The van der Waals surface area contributed by atoms with Gasteiger partial charge in [-0.2, -0.15) is 11.8 Å². The molecule has 0 saturated carbocycles. The van der Waals surface area contributed by atoms with Crippen LogP contribution in [-0.4, -0.2) is 29.6 Å². The highest BCUT2D eigenvalue weighted by Crippen LogP contribution is 2.36. The van der Waals surface area contributed by atoms with Gasteiger partial charge in [0.1, 0.15) is 0 Å². The second-order valence-corrected chi connectivity index (χ2v) is 8.26. The van der Waals surface area contributed by atoms with E-state index < -0.39 is 0 Å². The minimum absolute atomic E-state index is 0.256. The predicted octanol–water partition coefficient (Wildman–Crippen LogP) is 5.29. The lowest BCUT2D eigenvalue weighted by Crippen LogP contribution is -2.33. The van der Waals surface area contributed by atoms with Crippen molar-refractivity contribution in [1.82, 2.24) is 4.90 Å². The van der Waals surface area contributed by atoms with Gasteiger partial charge in [-0.1, -0.05) is 48.0 Å². The first-order valence-corrected chi connectivity index (χ1v) is 10.3. The highest BCUT2D eigenvalue weighted by Gasteiger charge is 2.22. The van der Waals surface area contributed by atoms with Crippen LogP contribution >= 0.6 is 23.4 Å². The molecule has 132 valence electrons. The maximum Gasteiger partial charge on any atom is 0.222 e. The number of aryl methyl sites for hydroxylation is 2. The zero-order valence-corrected chi connectivity index (χ0v) is 16.2. The minimum Gasteiger partial charge on any atom is -0.342 e. The van der Waals surface area contributed by atoms with E-state index in [9.17, 15) is 4.79 Å². The fourth-order valence-corrected chi connectivity index (χ4v) is 4.86. The number of hydrogen-bond donors (Lipinski definition) is 0. The predicted molar refractivity (Wildman–Crippen MR) is 107 cm³/mol. The Morgan fingerprint density at radius 1 is 1.20 bits per heavy atom. The van der Waals surface area contributed by atoms with Crippen LogP contribution in [0.3, 0.4) is 0 Å². The van der Waals surface area contributed by atoms with E-state index in [1.54, 1.807) is 0 Å². The summed E-state index contributed by atoms with van der Waals surface area (Å²) in [5, 5.41) is 1.23. The third kappa shape index (κ3) is 5.02. The Hall–Kier alpha value is -1.45. The Balaban J connectivity index is 1.55. The average Bonchev–Trinajstić information content (AvgIpc) is 2.86. The van der Waals surface area contributed by atoms with Gasteiger partial charge in [0.15, 0.2) is 0 Å². The number of hydrogen-bond acceptors (Lipinski definition) is 2. The number of amides is 1. The smallest absolute Gasteiger partial charge is 0.222 e. The summed E-state index contributed by atoms with van der Waals surface area (Å²) in [6.45, 7) is 3.87. The zero-order valence-electron chi connectivity index (χ0n) is 14.6. The number of rotatable bonds is 4. The second kappa shape index (κ2) is 8.77. The van der Waals surface area contributed by atoms with Crippen LogP contribution in [0.1, 0.15) is 34.8 Å². The van der Waals surface area contributed by atoms with E-state index in [-0.39, 0.29) is 5.91 Å². The van der Waals surface area contributed by atoms with Crippen LogP contribution in [0.5, 0.6) is 0 Å². The monoisotopic (exact) mass is 373 g/mol. The van der Waals surface area contributed by atoms with Crippen LogP contribution in [0.2, 0.25) is 5.02 Å². The molecule has 0 N–H and O–H groups in total. The number of carbonyl (C=O) groups excluding carboxylic acids is 1. The highest BCUT2D eigenvalue weighted by molar-refractivity contribution is 7.99. The molecule has 0 aromatic heterocycles. The molecular formula is C21H24ClNOS. The molecule has 2 nitrogen and oxygen atoms in total. The number of benzene rings is 2. The largest absolute Gasteiger partial charge is 0.342 e. The summed E-state index contributed by atoms with van der Waals surface area (Å²) < 4.78 is 0. The van der Waals surface area contributed by atoms with E-state index in [0.29, 0.717) is 11.7 Å². The Labute approximate surface area is 159 Å². The summed E-state index contributed by atoms with van der Waals surface area (Å²) in [6.07, 6.45) is 2.34. The van der Waals surface area contributed by atoms with Gasteiger partial charge >= 0.3 is 0 Å². The Kier molecular flexibility index (Phi) is 6.44. The van der Waals surface area contributed by atoms with Gasteiger partial charge in [-0.25, -0.2) is 0 Å². The molecule has 1 heterocycles. The van der Waals surface area contributed by atoms with Gasteiger partial charge in [-0.05, 0) is 48.6 Å². The lowest BCUT2D eigenvalue weighted by atomic mass is 10.0. The molecule has 0 bridgehead atoms. The number of nitrogens with zero attached hydrogens (tertiary/aromatic N) is 1. The fourth-order valence-electron chi connectivity index (χ4n) is 3.32. The quantitative estimate of drug-likeness (QED) is 0.725. The van der Waals surface area contributed by atoms with Crippen molar-refractivity contribution in [3.05, 3.63) is 70.2 Å². The molecule has 1 saturated heterocycles. The van der Waals surface area contributed by atoms with Crippen LogP contribution in [0.25, 0.3) is 0 Å². The van der Waals surface area contributed by atoms with Crippen LogP contribution in [0.4, 0.5) is 0 Å². The maximum atomic E-state index is 12.6. The third-order valence-corrected chi connectivity index (χ3v) is 6.29. The van der Waals surface area contributed by atoms with Gasteiger partial charge in [-0.15, -0.1) is 0 Å². The molecule has 0 aliphatic carbocycles. The standard InChI is InChI=1S/C21H24ClNOS/c1-16-5-2-3-8-19(16)20-11-12-23(13-14-25-20)21(24)10-9-17-6-4-7-18(22)15-17/h2-8,15,20H,9-14H2,1H3. The van der Waals surface area contributed by atoms with Crippen molar-refractivity contribution in [3.63, 3.8) is 0 Å². The van der Waals surface area contributed by atoms with Crippen molar-refractivity contribution >= 4 is 29.3 Å². The van der Waals surface area contributed by atoms with Crippen molar-refractivity contribution in [3.8, 4) is 0 Å². The summed E-state index contributed by atoms with van der Waals surface area (Å²) in [5.41, 5.74) is 3.89. The van der Waals surface area contributed by atoms with E-state index in [1.165, 1.54) is 11.1 Å². The summed E-state index contributed by atoms with van der Waals surface area (Å²) in [5.74, 6) is 1.26. The second-order valence-electron chi connectivity index (χ2n) is 6.52. The van der Waals surface area contributed by atoms with Gasteiger partial charge in [-0.3, -0.25) is 4.79 Å². The Morgan fingerprint density at radius 3 is 2.84 bits per heavy atom. The van der Waals surface area contributed by atoms with E-state index in [1.807, 2.05) is 40.9 Å². The third-order valence-electron chi connectivity index (χ3n) is 4.75. The van der Waals surface area contributed by atoms with Gasteiger partial charge in [0.05, 0.1) is 0 Å². The Morgan fingerprint density at radius 2 is 2.04 bits per heavy atom. The van der Waals surface area contributed by atoms with E-state index in [2.05, 4.69) is 31.2 Å². The first-order chi connectivity index (χ1) is 12.1. The molecule has 0 radical (unpaired) electrons. The molecule has 0 spiro atoms. The van der Waals surface area contributed by atoms with Crippen molar-refractivity contribution < 1.29 is 4.79 Å². The van der Waals surface area contributed by atoms with Crippen molar-refractivity contribution in [2.45, 2.75) is 31.4 Å². The van der Waals surface area contributed by atoms with Gasteiger partial charge < -0.3 is 4.90 Å². The molecule has 1 unspecified atom stereocenters. The maximum absolute atomic E-state index is 12.6. The average molecular weight is 374 g/mol. The van der Waals surface area contributed by atoms with Crippen LogP contribution in [-0.2, 0) is 11.2 Å². The molecule has 3 rings (SSSR count). The summed E-state index contributed by atoms with van der Waals surface area (Å²) >= 11 is 8.00. The van der Waals surface area contributed by atoms with E-state index in [0.717, 1.165) is 42.3 Å². The van der Waals surface area contributed by atoms with Crippen LogP contribution in [0.15, 0.2) is 48.5 Å². The fraction of sp³-hybridized carbons (Fsp3) is 0.381. The van der Waals surface area contributed by atoms with Crippen molar-refractivity contribution in [2.24, 2.45) is 0 Å². The molecule has 4 heteroatoms. The molecule has 1 fully saturated rings.